The molecular weight excluding hydrogens is 190 g/mol. The second-order valence-electron chi connectivity index (χ2n) is 3.20. The largest absolute Gasteiger partial charge is 0.425 e. The number of rotatable bonds is 6. The first kappa shape index (κ1) is 11.4. The fourth-order valence-corrected chi connectivity index (χ4v) is 1.15. The van der Waals surface area contributed by atoms with Crippen LogP contribution in [0.3, 0.4) is 0 Å². The van der Waals surface area contributed by atoms with Gasteiger partial charge in [-0.1, -0.05) is 6.08 Å². The van der Waals surface area contributed by atoms with Gasteiger partial charge in [0.15, 0.2) is 0 Å². The van der Waals surface area contributed by atoms with E-state index in [1.807, 2.05) is 6.08 Å². The molecule has 80 valence electrons. The summed E-state index contributed by atoms with van der Waals surface area (Å²) >= 11 is 0. The van der Waals surface area contributed by atoms with Crippen molar-refractivity contribution in [1.29, 1.82) is 0 Å². The number of nitrogens with zero attached hydrogens (tertiary/aromatic N) is 1. The van der Waals surface area contributed by atoms with Crippen LogP contribution in [-0.4, -0.2) is 11.0 Å². The maximum Gasteiger partial charge on any atom is 0.311 e. The van der Waals surface area contributed by atoms with Crippen molar-refractivity contribution < 1.29 is 9.53 Å². The van der Waals surface area contributed by atoms with Crippen LogP contribution < -0.4 is 4.74 Å². The Hall–Kier alpha value is -1.64. The number of hydrogen-bond acceptors (Lipinski definition) is 3. The highest BCUT2D eigenvalue weighted by Crippen LogP contribution is 2.09. The number of carbonyl (C=O) groups is 1. The molecule has 0 saturated heterocycles. The summed E-state index contributed by atoms with van der Waals surface area (Å²) in [7, 11) is 0. The molecule has 0 aliphatic carbocycles. The highest BCUT2D eigenvalue weighted by molar-refractivity contribution is 5.72. The molecule has 0 fully saturated rings. The Morgan fingerprint density at radius 2 is 2.40 bits per heavy atom. The molecule has 0 unspecified atom stereocenters. The van der Waals surface area contributed by atoms with Crippen LogP contribution in [0.4, 0.5) is 0 Å². The average molecular weight is 205 g/mol. The van der Waals surface area contributed by atoms with Gasteiger partial charge in [-0.3, -0.25) is 9.78 Å². The van der Waals surface area contributed by atoms with Crippen LogP contribution in [-0.2, 0) is 4.79 Å². The molecule has 0 radical (unpaired) electrons. The monoisotopic (exact) mass is 205 g/mol. The van der Waals surface area contributed by atoms with E-state index in [4.69, 9.17) is 4.74 Å². The van der Waals surface area contributed by atoms with Crippen molar-refractivity contribution in [3.05, 3.63) is 37.2 Å². The molecule has 1 aromatic heterocycles. The topological polar surface area (TPSA) is 39.2 Å². The predicted molar refractivity (Wildman–Crippen MR) is 58.5 cm³/mol. The summed E-state index contributed by atoms with van der Waals surface area (Å²) in [4.78, 5) is 15.2. The molecule has 0 aliphatic heterocycles. The van der Waals surface area contributed by atoms with Crippen molar-refractivity contribution >= 4 is 5.97 Å². The van der Waals surface area contributed by atoms with Gasteiger partial charge in [0.05, 0.1) is 6.20 Å². The smallest absolute Gasteiger partial charge is 0.311 e. The molecule has 0 atom stereocenters. The first-order valence-corrected chi connectivity index (χ1v) is 5.04. The lowest BCUT2D eigenvalue weighted by Crippen LogP contribution is -2.07. The molecule has 15 heavy (non-hydrogen) atoms. The van der Waals surface area contributed by atoms with Gasteiger partial charge in [0, 0.05) is 12.6 Å². The van der Waals surface area contributed by atoms with Crippen LogP contribution in [0, 0.1) is 0 Å². The summed E-state index contributed by atoms with van der Waals surface area (Å²) in [5.41, 5.74) is 0. The first-order chi connectivity index (χ1) is 7.33. The number of pyridine rings is 1. The van der Waals surface area contributed by atoms with Gasteiger partial charge >= 0.3 is 5.97 Å². The Labute approximate surface area is 89.8 Å². The van der Waals surface area contributed by atoms with Gasteiger partial charge in [0.2, 0.25) is 0 Å². The number of allylic oxidation sites excluding steroid dienone is 1. The number of ether oxygens (including phenoxy) is 1. The minimum Gasteiger partial charge on any atom is -0.425 e. The average Bonchev–Trinajstić information content (AvgIpc) is 2.26. The summed E-state index contributed by atoms with van der Waals surface area (Å²) in [6.45, 7) is 3.62. The van der Waals surface area contributed by atoms with E-state index >= 15 is 0 Å². The van der Waals surface area contributed by atoms with Crippen molar-refractivity contribution in [1.82, 2.24) is 4.98 Å². The Bertz CT molecular complexity index is 309. The summed E-state index contributed by atoms with van der Waals surface area (Å²) in [5.74, 6) is 0.304. The lowest BCUT2D eigenvalue weighted by molar-refractivity contribution is -0.134. The van der Waals surface area contributed by atoms with Crippen molar-refractivity contribution in [2.24, 2.45) is 0 Å². The second kappa shape index (κ2) is 6.76. The normalized spacial score (nSPS) is 9.60. The molecule has 3 nitrogen and oxygen atoms in total. The number of aromatic nitrogens is 1. The van der Waals surface area contributed by atoms with Gasteiger partial charge in [-0.05, 0) is 31.4 Å². The maximum absolute atomic E-state index is 11.3. The van der Waals surface area contributed by atoms with E-state index < -0.39 is 0 Å². The molecule has 0 spiro atoms. The highest BCUT2D eigenvalue weighted by atomic mass is 16.5. The maximum atomic E-state index is 11.3. The van der Waals surface area contributed by atoms with Crippen LogP contribution in [0.1, 0.15) is 25.7 Å². The van der Waals surface area contributed by atoms with Crippen molar-refractivity contribution in [3.63, 3.8) is 0 Å². The molecule has 0 bridgehead atoms. The molecule has 0 aliphatic rings. The van der Waals surface area contributed by atoms with E-state index in [0.717, 1.165) is 19.3 Å². The number of hydrogen-bond donors (Lipinski definition) is 0. The molecular formula is C12H15NO2. The van der Waals surface area contributed by atoms with E-state index in [9.17, 15) is 4.79 Å². The minimum atomic E-state index is -0.202. The molecule has 0 saturated carbocycles. The van der Waals surface area contributed by atoms with Crippen LogP contribution in [0.25, 0.3) is 0 Å². The highest BCUT2D eigenvalue weighted by Gasteiger charge is 2.03. The van der Waals surface area contributed by atoms with Gasteiger partial charge in [-0.25, -0.2) is 0 Å². The number of esters is 1. The van der Waals surface area contributed by atoms with Gasteiger partial charge in [-0.15, -0.1) is 6.58 Å². The molecule has 3 heteroatoms. The summed E-state index contributed by atoms with van der Waals surface area (Å²) in [6, 6.07) is 3.45. The standard InChI is InChI=1S/C12H15NO2/c1-2-3-4-5-8-12(14)15-11-7-6-9-13-10-11/h2,6-7,9-10H,1,3-5,8H2. The van der Waals surface area contributed by atoms with E-state index in [0.29, 0.717) is 12.2 Å². The summed E-state index contributed by atoms with van der Waals surface area (Å²) in [6.07, 6.45) is 8.23. The molecule has 0 N–H and O–H groups in total. The second-order valence-corrected chi connectivity index (χ2v) is 3.20. The summed E-state index contributed by atoms with van der Waals surface area (Å²) < 4.78 is 5.07. The van der Waals surface area contributed by atoms with Crippen molar-refractivity contribution in [3.8, 4) is 5.75 Å². The molecule has 1 rings (SSSR count). The van der Waals surface area contributed by atoms with Crippen molar-refractivity contribution in [2.75, 3.05) is 0 Å². The predicted octanol–water partition coefficient (Wildman–Crippen LogP) is 2.73. The van der Waals surface area contributed by atoms with E-state index in [2.05, 4.69) is 11.6 Å². The minimum absolute atomic E-state index is 0.202. The van der Waals surface area contributed by atoms with E-state index in [1.54, 1.807) is 18.3 Å². The Morgan fingerprint density at radius 1 is 1.53 bits per heavy atom. The van der Waals surface area contributed by atoms with Gasteiger partial charge in [0.1, 0.15) is 5.75 Å². The molecule has 0 aromatic carbocycles. The summed E-state index contributed by atoms with van der Waals surface area (Å²) in [5, 5.41) is 0. The van der Waals surface area contributed by atoms with Gasteiger partial charge < -0.3 is 4.74 Å². The zero-order valence-electron chi connectivity index (χ0n) is 8.69. The van der Waals surface area contributed by atoms with Crippen LogP contribution in [0.2, 0.25) is 0 Å². The van der Waals surface area contributed by atoms with E-state index in [1.165, 1.54) is 6.20 Å². The van der Waals surface area contributed by atoms with Crippen LogP contribution in [0.15, 0.2) is 37.2 Å². The Balaban J connectivity index is 2.22. The fourth-order valence-electron chi connectivity index (χ4n) is 1.15. The zero-order chi connectivity index (χ0) is 10.9. The van der Waals surface area contributed by atoms with Gasteiger partial charge in [0.25, 0.3) is 0 Å². The molecule has 1 aromatic rings. The fraction of sp³-hybridized carbons (Fsp3) is 0.333. The lowest BCUT2D eigenvalue weighted by Gasteiger charge is -2.02. The van der Waals surface area contributed by atoms with Gasteiger partial charge in [-0.2, -0.15) is 0 Å². The zero-order valence-corrected chi connectivity index (χ0v) is 8.69. The molecule has 0 amide bonds. The third kappa shape index (κ3) is 4.96. The van der Waals surface area contributed by atoms with Crippen LogP contribution >= 0.6 is 0 Å². The quantitative estimate of drug-likeness (QED) is 0.407. The number of unbranched alkanes of at least 4 members (excludes halogenated alkanes) is 2. The van der Waals surface area contributed by atoms with Crippen molar-refractivity contribution in [2.45, 2.75) is 25.7 Å². The number of carbonyl (C=O) groups excluding carboxylic acids is 1. The van der Waals surface area contributed by atoms with Crippen LogP contribution in [0.5, 0.6) is 5.75 Å². The SMILES string of the molecule is C=CCCCCC(=O)Oc1cccnc1. The third-order valence-electron chi connectivity index (χ3n) is 1.91. The third-order valence-corrected chi connectivity index (χ3v) is 1.91. The Kier molecular flexibility index (Phi) is 5.15. The first-order valence-electron chi connectivity index (χ1n) is 5.04. The van der Waals surface area contributed by atoms with E-state index in [-0.39, 0.29) is 5.97 Å². The molecule has 1 heterocycles. The Morgan fingerprint density at radius 3 is 3.07 bits per heavy atom. The lowest BCUT2D eigenvalue weighted by atomic mass is 10.2.